The van der Waals surface area contributed by atoms with Crippen molar-refractivity contribution in [1.82, 2.24) is 8.87 Å². The summed E-state index contributed by atoms with van der Waals surface area (Å²) in [6.07, 6.45) is 3.45. The average molecular weight is 488 g/mol. The zero-order valence-corrected chi connectivity index (χ0v) is 20.8. The van der Waals surface area contributed by atoms with Crippen molar-refractivity contribution < 1.29 is 17.9 Å². The highest BCUT2D eigenvalue weighted by Gasteiger charge is 2.22. The number of ether oxygens (including phenoxy) is 1. The molecule has 33 heavy (non-hydrogen) atoms. The molecule has 0 fully saturated rings. The summed E-state index contributed by atoms with van der Waals surface area (Å²) >= 11 is 1.38. The van der Waals surface area contributed by atoms with Gasteiger partial charge in [0, 0.05) is 25.2 Å². The summed E-state index contributed by atoms with van der Waals surface area (Å²) in [5.74, 6) is 0.248. The number of fused-ring (bicyclic) bond motifs is 1. The maximum absolute atomic E-state index is 12.9. The lowest BCUT2D eigenvalue weighted by molar-refractivity contribution is 0.0997. The van der Waals surface area contributed by atoms with E-state index in [0.29, 0.717) is 35.7 Å². The Labute approximate surface area is 198 Å². The maximum Gasteiger partial charge on any atom is 0.279 e. The third-order valence-corrected chi connectivity index (χ3v) is 8.28. The molecule has 1 amide bonds. The number of hydrogen-bond acceptors (Lipinski definition) is 5. The van der Waals surface area contributed by atoms with Crippen molar-refractivity contribution in [3.8, 4) is 5.75 Å². The molecule has 0 aliphatic heterocycles. The maximum atomic E-state index is 12.9. The molecule has 9 heteroatoms. The van der Waals surface area contributed by atoms with Crippen LogP contribution < -0.4 is 9.54 Å². The van der Waals surface area contributed by atoms with Gasteiger partial charge in [-0.05, 0) is 42.8 Å². The largest absolute Gasteiger partial charge is 0.495 e. The summed E-state index contributed by atoms with van der Waals surface area (Å²) in [6.45, 7) is 8.99. The van der Waals surface area contributed by atoms with Gasteiger partial charge in [-0.1, -0.05) is 43.7 Å². The Bertz CT molecular complexity index is 1310. The molecule has 3 aromatic rings. The quantitative estimate of drug-likeness (QED) is 0.396. The van der Waals surface area contributed by atoms with Gasteiger partial charge in [0.25, 0.3) is 5.91 Å². The third kappa shape index (κ3) is 5.26. The molecule has 0 bridgehead atoms. The van der Waals surface area contributed by atoms with Crippen molar-refractivity contribution in [2.24, 2.45) is 4.99 Å². The number of unbranched alkanes of at least 4 members (excludes halogenated alkanes) is 1. The van der Waals surface area contributed by atoms with E-state index >= 15 is 0 Å². The van der Waals surface area contributed by atoms with E-state index in [0.717, 1.165) is 23.1 Å². The Morgan fingerprint density at radius 1 is 1.21 bits per heavy atom. The van der Waals surface area contributed by atoms with E-state index in [1.807, 2.05) is 36.6 Å². The van der Waals surface area contributed by atoms with E-state index in [-0.39, 0.29) is 4.90 Å². The summed E-state index contributed by atoms with van der Waals surface area (Å²) < 4.78 is 35.6. The monoisotopic (exact) mass is 487 g/mol. The summed E-state index contributed by atoms with van der Waals surface area (Å²) in [6, 6.07) is 11.7. The van der Waals surface area contributed by atoms with Crippen LogP contribution in [-0.2, 0) is 16.6 Å². The molecule has 0 saturated carbocycles. The molecule has 176 valence electrons. The first kappa shape index (κ1) is 24.9. The Morgan fingerprint density at radius 2 is 1.94 bits per heavy atom. The average Bonchev–Trinajstić information content (AvgIpc) is 3.16. The first-order valence-corrected chi connectivity index (χ1v) is 13.1. The van der Waals surface area contributed by atoms with Crippen LogP contribution >= 0.6 is 11.3 Å². The second kappa shape index (κ2) is 10.9. The topological polar surface area (TPSA) is 81.0 Å². The Morgan fingerprint density at radius 3 is 2.55 bits per heavy atom. The molecule has 0 unspecified atom stereocenters. The number of hydrogen-bond donors (Lipinski definition) is 0. The highest BCUT2D eigenvalue weighted by molar-refractivity contribution is 7.89. The van der Waals surface area contributed by atoms with Gasteiger partial charge in [-0.15, -0.1) is 6.58 Å². The van der Waals surface area contributed by atoms with Crippen LogP contribution in [0.15, 0.2) is 65.0 Å². The van der Waals surface area contributed by atoms with Crippen molar-refractivity contribution in [1.29, 1.82) is 0 Å². The van der Waals surface area contributed by atoms with Crippen LogP contribution in [0.1, 0.15) is 37.0 Å². The Balaban J connectivity index is 1.96. The van der Waals surface area contributed by atoms with E-state index in [4.69, 9.17) is 4.74 Å². The second-order valence-corrected chi connectivity index (χ2v) is 10.3. The molecule has 2 aromatic carbocycles. The number of carbonyl (C=O) groups excluding carboxylic acids is 1. The van der Waals surface area contributed by atoms with E-state index in [9.17, 15) is 13.2 Å². The highest BCUT2D eigenvalue weighted by atomic mass is 32.2. The molecule has 0 aliphatic rings. The summed E-state index contributed by atoms with van der Waals surface area (Å²) in [5, 5.41) is 0. The smallest absolute Gasteiger partial charge is 0.279 e. The summed E-state index contributed by atoms with van der Waals surface area (Å²) in [5.41, 5.74) is 1.17. The number of para-hydroxylation sites is 1. The van der Waals surface area contributed by atoms with Crippen molar-refractivity contribution >= 4 is 37.5 Å². The lowest BCUT2D eigenvalue weighted by Crippen LogP contribution is -2.31. The van der Waals surface area contributed by atoms with E-state index in [1.54, 1.807) is 13.2 Å². The molecular weight excluding hydrogens is 458 g/mol. The van der Waals surface area contributed by atoms with Gasteiger partial charge in [-0.3, -0.25) is 4.79 Å². The molecule has 0 N–H and O–H groups in total. The minimum atomic E-state index is -3.60. The second-order valence-electron chi connectivity index (χ2n) is 7.38. The molecule has 0 radical (unpaired) electrons. The number of methoxy groups -OCH3 is 1. The van der Waals surface area contributed by atoms with Gasteiger partial charge in [-0.25, -0.2) is 8.42 Å². The molecule has 0 atom stereocenters. The van der Waals surface area contributed by atoms with Crippen molar-refractivity contribution in [3.63, 3.8) is 0 Å². The number of allylic oxidation sites excluding steroid dienone is 1. The van der Waals surface area contributed by atoms with Crippen LogP contribution in [0.5, 0.6) is 5.75 Å². The summed E-state index contributed by atoms with van der Waals surface area (Å²) in [4.78, 5) is 17.9. The van der Waals surface area contributed by atoms with Gasteiger partial charge in [0.1, 0.15) is 11.3 Å². The number of benzene rings is 2. The van der Waals surface area contributed by atoms with Gasteiger partial charge in [-0.2, -0.15) is 9.30 Å². The van der Waals surface area contributed by atoms with E-state index < -0.39 is 15.9 Å². The van der Waals surface area contributed by atoms with Crippen LogP contribution in [-0.4, -0.2) is 43.4 Å². The van der Waals surface area contributed by atoms with Crippen LogP contribution in [0.3, 0.4) is 0 Å². The highest BCUT2D eigenvalue weighted by Crippen LogP contribution is 2.27. The minimum absolute atomic E-state index is 0.172. The number of rotatable bonds is 10. The lowest BCUT2D eigenvalue weighted by atomic mass is 10.2. The molecule has 7 nitrogen and oxygen atoms in total. The van der Waals surface area contributed by atoms with Crippen LogP contribution in [0.4, 0.5) is 0 Å². The SMILES string of the molecule is C=CCn1c(=NC(=O)c2ccc(S(=O)(=O)N(CC)CCCC)cc2)sc2cccc(OC)c21. The molecule has 1 aromatic heterocycles. The number of aromatic nitrogens is 1. The van der Waals surface area contributed by atoms with Gasteiger partial charge in [0.2, 0.25) is 10.0 Å². The van der Waals surface area contributed by atoms with Crippen molar-refractivity contribution in [2.45, 2.75) is 38.1 Å². The fourth-order valence-corrected chi connectivity index (χ4v) is 6.04. The number of nitrogens with zero attached hydrogens (tertiary/aromatic N) is 3. The number of sulfonamides is 1. The number of carbonyl (C=O) groups is 1. The zero-order valence-electron chi connectivity index (χ0n) is 19.2. The number of amides is 1. The minimum Gasteiger partial charge on any atom is -0.495 e. The Kier molecular flexibility index (Phi) is 8.23. The Hall–Kier alpha value is -2.75. The van der Waals surface area contributed by atoms with Gasteiger partial charge in [0.05, 0.1) is 16.7 Å². The summed E-state index contributed by atoms with van der Waals surface area (Å²) in [7, 11) is -2.00. The lowest BCUT2D eigenvalue weighted by Gasteiger charge is -2.20. The fourth-order valence-electron chi connectivity index (χ4n) is 3.50. The molecule has 0 saturated heterocycles. The molecule has 0 spiro atoms. The predicted molar refractivity (Wildman–Crippen MR) is 132 cm³/mol. The van der Waals surface area contributed by atoms with Gasteiger partial charge < -0.3 is 9.30 Å². The van der Waals surface area contributed by atoms with E-state index in [1.165, 1.54) is 39.9 Å². The van der Waals surface area contributed by atoms with Gasteiger partial charge in [0.15, 0.2) is 4.80 Å². The number of thiazole rings is 1. The van der Waals surface area contributed by atoms with Crippen LogP contribution in [0.25, 0.3) is 10.2 Å². The van der Waals surface area contributed by atoms with Crippen LogP contribution in [0, 0.1) is 0 Å². The van der Waals surface area contributed by atoms with Crippen molar-refractivity contribution in [2.75, 3.05) is 20.2 Å². The van der Waals surface area contributed by atoms with Crippen molar-refractivity contribution in [3.05, 3.63) is 65.5 Å². The first-order chi connectivity index (χ1) is 15.9. The predicted octanol–water partition coefficient (Wildman–Crippen LogP) is 4.45. The van der Waals surface area contributed by atoms with Gasteiger partial charge >= 0.3 is 0 Å². The third-order valence-electron chi connectivity index (χ3n) is 5.25. The first-order valence-electron chi connectivity index (χ1n) is 10.8. The molecule has 3 rings (SSSR count). The van der Waals surface area contributed by atoms with Crippen LogP contribution in [0.2, 0.25) is 0 Å². The fraction of sp³-hybridized carbons (Fsp3) is 0.333. The standard InChI is InChI=1S/C24H29N3O4S2/c1-5-8-17-26(7-3)33(29,30)19-14-12-18(13-15-19)23(28)25-24-27(16-6-2)22-20(31-4)10-9-11-21(22)32-24/h6,9-15H,2,5,7-8,16-17H2,1,3-4H3. The molecular formula is C24H29N3O4S2. The zero-order chi connectivity index (χ0) is 24.0. The normalized spacial score (nSPS) is 12.4. The molecule has 0 aliphatic carbocycles. The van der Waals surface area contributed by atoms with E-state index in [2.05, 4.69) is 11.6 Å². The molecule has 1 heterocycles.